The third-order valence-electron chi connectivity index (χ3n) is 8.96. The molecule has 5 heteroatoms. The number of aryl methyl sites for hydroxylation is 5. The Balaban J connectivity index is 1.85. The predicted molar refractivity (Wildman–Crippen MR) is 215 cm³/mol. The van der Waals surface area contributed by atoms with Crippen LogP contribution in [0.5, 0.6) is 0 Å². The number of rotatable bonds is 6. The van der Waals surface area contributed by atoms with E-state index in [-0.39, 0.29) is 10.8 Å². The van der Waals surface area contributed by atoms with E-state index in [9.17, 15) is 0 Å². The van der Waals surface area contributed by atoms with Crippen LogP contribution in [0.4, 0.5) is 34.1 Å². The Hall–Kier alpha value is -3.24. The Morgan fingerprint density at radius 3 is 1.12 bits per heavy atom. The van der Waals surface area contributed by atoms with Crippen molar-refractivity contribution >= 4 is 73.3 Å². The van der Waals surface area contributed by atoms with E-state index >= 15 is 0 Å². The average molecular weight is 743 g/mol. The number of hydrogen-bond acceptors (Lipinski definition) is 2. The van der Waals surface area contributed by atoms with E-state index < -0.39 is 0 Å². The fourth-order valence-corrected chi connectivity index (χ4v) is 7.04. The minimum atomic E-state index is -0.0122. The second-order valence-electron chi connectivity index (χ2n) is 15.2. The molecule has 0 spiro atoms. The molecular weight excluding hydrogens is 695 g/mol. The van der Waals surface area contributed by atoms with E-state index in [1.54, 1.807) is 0 Å². The minimum absolute atomic E-state index is 0.0122. The summed E-state index contributed by atoms with van der Waals surface area (Å²) in [4.78, 5) is 4.71. The van der Waals surface area contributed by atoms with Crippen molar-refractivity contribution in [1.29, 1.82) is 0 Å². The molecule has 0 aliphatic rings. The zero-order chi connectivity index (χ0) is 35.3. The fourth-order valence-electron chi connectivity index (χ4n) is 6.24. The van der Waals surface area contributed by atoms with Crippen LogP contribution in [-0.2, 0) is 10.8 Å². The van der Waals surface area contributed by atoms with E-state index in [0.717, 1.165) is 76.5 Å². The summed E-state index contributed by atoms with van der Waals surface area (Å²) in [6, 6.07) is 31.0. The van der Waals surface area contributed by atoms with E-state index in [4.69, 9.17) is 23.2 Å². The number of benzene rings is 5. The quantitative estimate of drug-likeness (QED) is 0.171. The first kappa shape index (κ1) is 36.1. The smallest absolute Gasteiger partial charge is 0.0657 e. The van der Waals surface area contributed by atoms with Crippen LogP contribution < -0.4 is 9.80 Å². The van der Waals surface area contributed by atoms with Gasteiger partial charge in [-0.2, -0.15) is 0 Å². The molecule has 2 nitrogen and oxygen atoms in total. The highest BCUT2D eigenvalue weighted by Crippen LogP contribution is 2.49. The van der Waals surface area contributed by atoms with Gasteiger partial charge in [-0.25, -0.2) is 0 Å². The van der Waals surface area contributed by atoms with Gasteiger partial charge in [-0.1, -0.05) is 89.0 Å². The lowest BCUT2D eigenvalue weighted by Crippen LogP contribution is -2.18. The van der Waals surface area contributed by atoms with Crippen molar-refractivity contribution in [3.8, 4) is 0 Å². The van der Waals surface area contributed by atoms with Crippen molar-refractivity contribution < 1.29 is 0 Å². The Bertz CT molecular complexity index is 1810. The summed E-state index contributed by atoms with van der Waals surface area (Å²) in [7, 11) is 0. The van der Waals surface area contributed by atoms with E-state index in [0.29, 0.717) is 0 Å². The van der Waals surface area contributed by atoms with Crippen molar-refractivity contribution in [2.24, 2.45) is 0 Å². The van der Waals surface area contributed by atoms with E-state index in [1.165, 1.54) is 11.1 Å². The summed E-state index contributed by atoms with van der Waals surface area (Å²) >= 11 is 17.6. The lowest BCUT2D eigenvalue weighted by atomic mass is 9.86. The van der Waals surface area contributed by atoms with Crippen LogP contribution in [-0.4, -0.2) is 0 Å². The SMILES string of the molecule is Cc1cc(N(c2cccc(C(C)(C)C)c2)c2cc(C)c(Cl)c(C)c2)c(Br)c(N(c2cccc(C(C)(C)C)c2)c2cc(C)c(Cl)c(C)c2)c1. The van der Waals surface area contributed by atoms with Gasteiger partial charge in [-0.05, 0) is 161 Å². The molecule has 0 bridgehead atoms. The van der Waals surface area contributed by atoms with Gasteiger partial charge in [0.1, 0.15) is 0 Å². The molecule has 0 heterocycles. The largest absolute Gasteiger partial charge is 0.309 e. The van der Waals surface area contributed by atoms with Gasteiger partial charge in [-0.3, -0.25) is 0 Å². The van der Waals surface area contributed by atoms with Gasteiger partial charge >= 0.3 is 0 Å². The Morgan fingerprint density at radius 2 is 0.812 bits per heavy atom. The van der Waals surface area contributed by atoms with Crippen LogP contribution >= 0.6 is 39.1 Å². The van der Waals surface area contributed by atoms with Gasteiger partial charge in [0.05, 0.1) is 15.8 Å². The Kier molecular flexibility index (Phi) is 10.2. The zero-order valence-electron chi connectivity index (χ0n) is 30.1. The summed E-state index contributed by atoms with van der Waals surface area (Å²) in [5, 5.41) is 1.59. The molecule has 0 atom stereocenters. The normalized spacial score (nSPS) is 12.0. The molecule has 48 heavy (non-hydrogen) atoms. The third-order valence-corrected chi connectivity index (χ3v) is 11.0. The topological polar surface area (TPSA) is 6.48 Å². The molecular formula is C43H47BrCl2N2. The minimum Gasteiger partial charge on any atom is -0.309 e. The first-order valence-corrected chi connectivity index (χ1v) is 18.1. The number of hydrogen-bond donors (Lipinski definition) is 0. The molecule has 0 fully saturated rings. The summed E-state index contributed by atoms with van der Waals surface area (Å²) in [5.74, 6) is 0. The Morgan fingerprint density at radius 1 is 0.479 bits per heavy atom. The maximum Gasteiger partial charge on any atom is 0.0657 e. The van der Waals surface area contributed by atoms with Crippen LogP contribution in [0.2, 0.25) is 10.0 Å². The second kappa shape index (κ2) is 13.6. The molecule has 0 aliphatic carbocycles. The van der Waals surface area contributed by atoms with Crippen molar-refractivity contribution in [3.63, 3.8) is 0 Å². The van der Waals surface area contributed by atoms with Gasteiger partial charge in [-0.15, -0.1) is 0 Å². The molecule has 250 valence electrons. The summed E-state index contributed by atoms with van der Waals surface area (Å²) in [6.45, 7) is 24.0. The van der Waals surface area contributed by atoms with Crippen LogP contribution in [0.3, 0.4) is 0 Å². The highest BCUT2D eigenvalue weighted by atomic mass is 79.9. The molecule has 5 aromatic rings. The summed E-state index contributed by atoms with van der Waals surface area (Å²) in [6.07, 6.45) is 0. The molecule has 0 unspecified atom stereocenters. The van der Waals surface area contributed by atoms with Crippen LogP contribution in [0.25, 0.3) is 0 Å². The van der Waals surface area contributed by atoms with Gasteiger partial charge in [0.15, 0.2) is 0 Å². The summed E-state index contributed by atoms with van der Waals surface area (Å²) in [5.41, 5.74) is 14.2. The monoisotopic (exact) mass is 740 g/mol. The van der Waals surface area contributed by atoms with Crippen molar-refractivity contribution in [2.45, 2.75) is 87.0 Å². The first-order valence-electron chi connectivity index (χ1n) is 16.5. The van der Waals surface area contributed by atoms with E-state index in [1.807, 2.05) is 0 Å². The standard InChI is InChI=1S/C43H47BrCl2N2/c1-26-18-37(47(35-20-27(2)40(45)28(3)21-35)33-16-12-14-31(24-33)42(6,7)8)39(44)38(19-26)48(36-22-29(4)41(46)30(5)23-36)34-17-13-15-32(25-34)43(9,10)11/h12-25H,1-11H3. The number of anilines is 6. The molecule has 5 aromatic carbocycles. The maximum absolute atomic E-state index is 6.73. The third kappa shape index (κ3) is 7.34. The van der Waals surface area contributed by atoms with Crippen LogP contribution in [0.1, 0.15) is 80.5 Å². The summed E-state index contributed by atoms with van der Waals surface area (Å²) < 4.78 is 0.978. The molecule has 0 aromatic heterocycles. The molecule has 0 saturated heterocycles. The van der Waals surface area contributed by atoms with Crippen LogP contribution in [0, 0.1) is 34.6 Å². The highest BCUT2D eigenvalue weighted by molar-refractivity contribution is 9.10. The molecule has 0 amide bonds. The number of halogens is 3. The van der Waals surface area contributed by atoms with Crippen molar-refractivity contribution in [3.05, 3.63) is 138 Å². The van der Waals surface area contributed by atoms with Crippen LogP contribution in [0.15, 0.2) is 89.4 Å². The zero-order valence-corrected chi connectivity index (χ0v) is 33.2. The second-order valence-corrected chi connectivity index (χ2v) is 16.7. The molecule has 0 saturated carbocycles. The maximum atomic E-state index is 6.73. The molecule has 0 aliphatic heterocycles. The average Bonchev–Trinajstić information content (AvgIpc) is 3.00. The van der Waals surface area contributed by atoms with Gasteiger partial charge < -0.3 is 9.80 Å². The molecule has 5 rings (SSSR count). The lowest BCUT2D eigenvalue weighted by molar-refractivity contribution is 0.590. The van der Waals surface area contributed by atoms with Gasteiger partial charge in [0.2, 0.25) is 0 Å². The number of nitrogens with zero attached hydrogens (tertiary/aromatic N) is 2. The molecule has 0 N–H and O–H groups in total. The van der Waals surface area contributed by atoms with Gasteiger partial charge in [0, 0.05) is 32.8 Å². The van der Waals surface area contributed by atoms with Crippen molar-refractivity contribution in [1.82, 2.24) is 0 Å². The predicted octanol–water partition coefficient (Wildman–Crippen LogP) is 14.8. The molecule has 0 radical (unpaired) electrons. The van der Waals surface area contributed by atoms with Gasteiger partial charge in [0.25, 0.3) is 0 Å². The van der Waals surface area contributed by atoms with E-state index in [2.05, 4.69) is 187 Å². The van der Waals surface area contributed by atoms with Crippen molar-refractivity contribution in [2.75, 3.05) is 9.80 Å². The Labute approximate surface area is 306 Å². The lowest BCUT2D eigenvalue weighted by Gasteiger charge is -2.33. The first-order chi connectivity index (χ1) is 22.4. The highest BCUT2D eigenvalue weighted by Gasteiger charge is 2.26. The fraction of sp³-hybridized carbons (Fsp3) is 0.302.